The molecule has 0 aromatic carbocycles. The normalized spacial score (nSPS) is 50.6. The van der Waals surface area contributed by atoms with E-state index in [-0.39, 0.29) is 33.5 Å². The number of aliphatic hydroxyl groups is 4. The summed E-state index contributed by atoms with van der Waals surface area (Å²) in [5, 5.41) is 42.4. The topological polar surface area (TPSA) is 182 Å². The van der Waals surface area contributed by atoms with Crippen LogP contribution in [0.15, 0.2) is 0 Å². The first-order valence-electron chi connectivity index (χ1n) is 51.6. The van der Waals surface area contributed by atoms with Crippen LogP contribution in [0.1, 0.15) is 333 Å². The number of piperazine rings is 1. The van der Waals surface area contributed by atoms with Crippen molar-refractivity contribution < 1.29 is 44.4 Å². The second-order valence-corrected chi connectivity index (χ2v) is 50.0. The van der Waals surface area contributed by atoms with Gasteiger partial charge < -0.3 is 25.3 Å². The van der Waals surface area contributed by atoms with Crippen molar-refractivity contribution in [3.8, 4) is 0 Å². The van der Waals surface area contributed by atoms with Crippen LogP contribution in [-0.4, -0.2) is 188 Å². The highest BCUT2D eigenvalue weighted by Crippen LogP contribution is 2.70. The second kappa shape index (κ2) is 34.7. The molecule has 16 saturated carbocycles. The monoisotopic (exact) mass is 1650 g/mol. The van der Waals surface area contributed by atoms with Gasteiger partial charge in [0.05, 0.1) is 48.6 Å². The third-order valence-electron chi connectivity index (χ3n) is 42.2. The number of rotatable bonds is 12. The first-order chi connectivity index (χ1) is 56.5. The number of hydrogen-bond acceptors (Lipinski definition) is 13. The van der Waals surface area contributed by atoms with Crippen LogP contribution < -0.4 is 0 Å². The molecule has 14 heteroatoms. The van der Waals surface area contributed by atoms with E-state index >= 15 is 0 Å². The van der Waals surface area contributed by atoms with E-state index in [4.69, 9.17) is 0 Å². The van der Waals surface area contributed by atoms with Crippen molar-refractivity contribution in [1.82, 2.24) is 24.5 Å². The van der Waals surface area contributed by atoms with Crippen LogP contribution in [0.3, 0.4) is 0 Å². The third kappa shape index (κ3) is 17.7. The van der Waals surface area contributed by atoms with Crippen molar-refractivity contribution in [3.05, 3.63) is 0 Å². The van der Waals surface area contributed by atoms with E-state index in [0.29, 0.717) is 73.0 Å². The fourth-order valence-corrected chi connectivity index (χ4v) is 36.5. The number of carbonyl (C=O) groups excluding carboxylic acids is 5. The maximum atomic E-state index is 13.5. The predicted octanol–water partition coefficient (Wildman–Crippen LogP) is 18.5. The van der Waals surface area contributed by atoms with Gasteiger partial charge in [0.2, 0.25) is 5.91 Å². The van der Waals surface area contributed by atoms with E-state index < -0.39 is 22.4 Å². The van der Waals surface area contributed by atoms with Gasteiger partial charge in [0, 0.05) is 83.0 Å². The van der Waals surface area contributed by atoms with Crippen LogP contribution in [0.5, 0.6) is 0 Å². The van der Waals surface area contributed by atoms with Crippen LogP contribution in [0.4, 0.5) is 0 Å². The van der Waals surface area contributed by atoms with Crippen LogP contribution in [0, 0.1) is 181 Å². The molecular weight excluding hydrogens is 1480 g/mol. The Morgan fingerprint density at radius 3 is 0.832 bits per heavy atom. The van der Waals surface area contributed by atoms with E-state index in [9.17, 15) is 44.4 Å². The zero-order chi connectivity index (χ0) is 83.8. The molecule has 20 aliphatic rings. The molecule has 4 saturated heterocycles. The van der Waals surface area contributed by atoms with Crippen LogP contribution in [0.25, 0.3) is 0 Å². The summed E-state index contributed by atoms with van der Waals surface area (Å²) < 4.78 is 0. The molecule has 0 radical (unpaired) electrons. The van der Waals surface area contributed by atoms with Crippen molar-refractivity contribution in [2.24, 2.45) is 181 Å². The summed E-state index contributed by atoms with van der Waals surface area (Å²) in [4.78, 5) is 76.6. The van der Waals surface area contributed by atoms with Gasteiger partial charge in [-0.15, -0.1) is 0 Å². The summed E-state index contributed by atoms with van der Waals surface area (Å²) in [5.41, 5.74) is -0.741. The molecular formula is C105H173N5O9. The minimum atomic E-state index is -0.446. The number of carbonyl (C=O) groups is 5. The van der Waals surface area contributed by atoms with E-state index in [1.54, 1.807) is 6.92 Å². The first kappa shape index (κ1) is 88.8. The van der Waals surface area contributed by atoms with Crippen molar-refractivity contribution in [1.29, 1.82) is 0 Å². The Kier molecular flexibility index (Phi) is 25.9. The fourth-order valence-electron chi connectivity index (χ4n) is 36.5. The number of piperidine rings is 1. The molecule has 2 unspecified atom stereocenters. The molecule has 0 aromatic heterocycles. The largest absolute Gasteiger partial charge is 0.390 e. The lowest BCUT2D eigenvalue weighted by Crippen LogP contribution is -2.52. The number of likely N-dealkylation sites (tertiary alicyclic amines) is 3. The number of hydrogen-bond donors (Lipinski definition) is 4. The molecule has 14 nitrogen and oxygen atoms in total. The number of amides is 1. The second-order valence-electron chi connectivity index (χ2n) is 50.0. The fraction of sp³-hybridized carbons (Fsp3) is 0.952. The van der Waals surface area contributed by atoms with Gasteiger partial charge in [-0.3, -0.25) is 43.6 Å². The van der Waals surface area contributed by atoms with Crippen LogP contribution >= 0.6 is 0 Å². The molecule has 20 rings (SSSR count). The Morgan fingerprint density at radius 1 is 0.269 bits per heavy atom. The zero-order valence-electron chi connectivity index (χ0n) is 77.6. The highest BCUT2D eigenvalue weighted by atomic mass is 16.3. The molecule has 672 valence electrons. The van der Waals surface area contributed by atoms with Gasteiger partial charge in [-0.05, 0) is 449 Å². The Morgan fingerprint density at radius 2 is 0.546 bits per heavy atom. The maximum absolute atomic E-state index is 13.5. The zero-order valence-corrected chi connectivity index (χ0v) is 77.6. The molecule has 119 heavy (non-hydrogen) atoms. The molecule has 4 heterocycles. The summed E-state index contributed by atoms with van der Waals surface area (Å²) >= 11 is 0. The third-order valence-corrected chi connectivity index (χ3v) is 42.2. The predicted molar refractivity (Wildman–Crippen MR) is 474 cm³/mol. The Labute approximate surface area is 722 Å². The summed E-state index contributed by atoms with van der Waals surface area (Å²) in [6, 6.07) is 0. The van der Waals surface area contributed by atoms with Gasteiger partial charge in [0.25, 0.3) is 0 Å². The standard InChI is InChI=1S/C27H44N2O3.C27H45NO2.C26H43NO2.C25H41NO2/c1-18(30)29-14-12-28(13-15-29)17-25(31)24-7-6-23-22-5-4-19-16-26(2,32)10-8-20(19)21(22)9-11-27(23,24)3;1-18-5-4-14-28(16-18)17-25(29)24-9-8-23-22-7-6-19-15-26(2,30)12-10-20(19)21(22)11-13-27(23,24)3;1-17-10-13-27(15-17)16-24(28)23-7-6-22-21-5-4-18-14-25(2,29)11-8-19(18)20(21)9-12-26(22,23)3;1-16-13-26(14-16)15-23(27)22-7-6-21-20-5-4-17-12-24(2,28)10-8-18(17)19(20)9-11-25(21,22)3/h19-24,32H,4-17H2,1-3H3;18-24,30H,4-17H2,1-3H3;17-23,29H,4-16H2,1-3H3;16-22,28H,4-15H2,1-3H3/t19-,20+,21-,22-,23+,24-,26-,27+;18?,19-,20-,21+,22+,23-,24+,26+,27-;17?,18-,19+,20-,21-,22+,23-,25-,26+;17-,18-,19+,20+,21-,22+,24+,25-/m1010/s1. The number of ketones is 4. The molecule has 34 atom stereocenters. The summed E-state index contributed by atoms with van der Waals surface area (Å²) in [5.74, 6) is 21.9. The summed E-state index contributed by atoms with van der Waals surface area (Å²) in [6.45, 7) is 39.4. The number of nitrogens with zero attached hydrogens (tertiary/aromatic N) is 5. The molecule has 4 N–H and O–H groups in total. The van der Waals surface area contributed by atoms with Crippen LogP contribution in [0.2, 0.25) is 0 Å². The highest BCUT2D eigenvalue weighted by molar-refractivity contribution is 5.86. The van der Waals surface area contributed by atoms with Gasteiger partial charge in [-0.25, -0.2) is 0 Å². The van der Waals surface area contributed by atoms with Crippen molar-refractivity contribution >= 4 is 29.0 Å². The van der Waals surface area contributed by atoms with Crippen LogP contribution in [-0.2, 0) is 24.0 Å². The first-order valence-corrected chi connectivity index (χ1v) is 51.6. The lowest BCUT2D eigenvalue weighted by Gasteiger charge is -2.57. The molecule has 1 amide bonds. The van der Waals surface area contributed by atoms with Gasteiger partial charge in [-0.2, -0.15) is 0 Å². The van der Waals surface area contributed by atoms with Gasteiger partial charge >= 0.3 is 0 Å². The summed E-state index contributed by atoms with van der Waals surface area (Å²) in [7, 11) is 0. The molecule has 0 spiro atoms. The minimum absolute atomic E-state index is 0.148. The lowest BCUT2D eigenvalue weighted by atomic mass is 9.49. The average Bonchev–Trinajstić information content (AvgIpc) is 1.68. The highest BCUT2D eigenvalue weighted by Gasteiger charge is 2.65. The summed E-state index contributed by atoms with van der Waals surface area (Å²) in [6.07, 6.45) is 47.4. The van der Waals surface area contributed by atoms with Gasteiger partial charge in [0.15, 0.2) is 0 Å². The van der Waals surface area contributed by atoms with E-state index in [1.807, 2.05) is 11.8 Å². The maximum Gasteiger partial charge on any atom is 0.219 e. The van der Waals surface area contributed by atoms with Crippen molar-refractivity contribution in [2.45, 2.75) is 356 Å². The van der Waals surface area contributed by atoms with E-state index in [0.717, 1.165) is 273 Å². The average molecular weight is 1650 g/mol. The van der Waals surface area contributed by atoms with E-state index in [2.05, 4.69) is 88.8 Å². The smallest absolute Gasteiger partial charge is 0.219 e. The van der Waals surface area contributed by atoms with Crippen molar-refractivity contribution in [2.75, 3.05) is 91.6 Å². The Hall–Kier alpha value is -2.17. The Balaban J connectivity index is 0.000000114. The molecule has 0 bridgehead atoms. The lowest BCUT2D eigenvalue weighted by molar-refractivity contribution is -0.135. The van der Waals surface area contributed by atoms with Crippen molar-refractivity contribution in [3.63, 3.8) is 0 Å². The molecule has 0 aromatic rings. The van der Waals surface area contributed by atoms with Gasteiger partial charge in [-0.1, -0.05) is 48.5 Å². The quantitative estimate of drug-likeness (QED) is 0.145. The minimum Gasteiger partial charge on any atom is -0.390 e. The number of fused-ring (bicyclic) bond motifs is 20. The molecule has 4 aliphatic heterocycles. The number of Topliss-reactive ketones (excluding diaryl/α,β-unsaturated/α-hetero) is 4. The Bertz CT molecular complexity index is 3580. The molecule has 20 fully saturated rings. The molecule has 16 aliphatic carbocycles. The van der Waals surface area contributed by atoms with E-state index in [1.165, 1.54) is 173 Å². The SMILES string of the molecule is CC(=O)N1CCN(CC(=O)[C@H]2CC[C@H]3[C@@H]4CC[C@@H]5C[C@](C)(O)CC[C@@H]5[C@H]4CC[C@]23C)CC1.CC1CCCN(CC(=O)[C@H]2CC[C@H]3[C@@H]4CC[C@H]5C[C@](C)(O)CC[C@@H]5[C@H]4CC[C@]23C)C1.CC1CCN(CC(=O)[C@H]2CC[C@H]3[C@@H]4CC[C@@H]5C[C@](C)(O)CC[C@@H]5[C@H]4CC[C@]23C)C1.CC1CN(CC(=O)[C@H]2CC[C@H]3[C@@H]4CC[C@H]5C[C@](C)(O)CC[C@@H]5[C@H]4CC[C@]23C)C1. The van der Waals surface area contributed by atoms with Gasteiger partial charge in [0.1, 0.15) is 23.1 Å².